The second kappa shape index (κ2) is 6.57. The zero-order valence-corrected chi connectivity index (χ0v) is 13.0. The molecule has 3 aromatic rings. The van der Waals surface area contributed by atoms with Crippen LogP contribution >= 0.6 is 0 Å². The molecular formula is C17H17FN4O2. The van der Waals surface area contributed by atoms with Crippen molar-refractivity contribution in [2.45, 2.75) is 19.4 Å². The zero-order chi connectivity index (χ0) is 17.1. The lowest BCUT2D eigenvalue weighted by atomic mass is 10.1. The number of imidazole rings is 1. The SMILES string of the molecule is CC[C@H](Nc1ccc2[nH]c(=O)[nH]c2c1)C(=O)Nc1ccc(F)cc1. The molecular weight excluding hydrogens is 311 g/mol. The van der Waals surface area contributed by atoms with E-state index in [-0.39, 0.29) is 17.4 Å². The van der Waals surface area contributed by atoms with Crippen molar-refractivity contribution in [3.8, 4) is 0 Å². The summed E-state index contributed by atoms with van der Waals surface area (Å²) >= 11 is 0. The van der Waals surface area contributed by atoms with E-state index in [1.54, 1.807) is 18.2 Å². The van der Waals surface area contributed by atoms with Crippen molar-refractivity contribution in [1.29, 1.82) is 0 Å². The summed E-state index contributed by atoms with van der Waals surface area (Å²) in [6.07, 6.45) is 0.564. The Morgan fingerprint density at radius 3 is 2.46 bits per heavy atom. The maximum atomic E-state index is 12.9. The Morgan fingerprint density at radius 1 is 1.08 bits per heavy atom. The van der Waals surface area contributed by atoms with Crippen molar-refractivity contribution in [3.05, 3.63) is 58.8 Å². The molecule has 0 bridgehead atoms. The van der Waals surface area contributed by atoms with Crippen LogP contribution in [0.15, 0.2) is 47.3 Å². The third kappa shape index (κ3) is 3.45. The topological polar surface area (TPSA) is 89.8 Å². The smallest absolute Gasteiger partial charge is 0.323 e. The number of anilines is 2. The molecule has 124 valence electrons. The molecule has 0 aliphatic rings. The Morgan fingerprint density at radius 2 is 1.75 bits per heavy atom. The van der Waals surface area contributed by atoms with Gasteiger partial charge in [0.15, 0.2) is 0 Å². The first-order chi connectivity index (χ1) is 11.5. The third-order valence-corrected chi connectivity index (χ3v) is 3.69. The van der Waals surface area contributed by atoms with Gasteiger partial charge < -0.3 is 20.6 Å². The molecule has 1 heterocycles. The number of carbonyl (C=O) groups is 1. The van der Waals surface area contributed by atoms with Gasteiger partial charge in [0.05, 0.1) is 11.0 Å². The van der Waals surface area contributed by atoms with Crippen LogP contribution in [0.1, 0.15) is 13.3 Å². The van der Waals surface area contributed by atoms with Crippen LogP contribution in [0.3, 0.4) is 0 Å². The number of hydrogen-bond donors (Lipinski definition) is 4. The molecule has 1 atom stereocenters. The van der Waals surface area contributed by atoms with Crippen LogP contribution in [0.2, 0.25) is 0 Å². The fourth-order valence-corrected chi connectivity index (χ4v) is 2.44. The summed E-state index contributed by atoms with van der Waals surface area (Å²) in [5, 5.41) is 5.89. The van der Waals surface area contributed by atoms with Gasteiger partial charge in [0.2, 0.25) is 5.91 Å². The average molecular weight is 328 g/mol. The highest BCUT2D eigenvalue weighted by molar-refractivity contribution is 5.96. The fraction of sp³-hybridized carbons (Fsp3) is 0.176. The largest absolute Gasteiger partial charge is 0.374 e. The summed E-state index contributed by atoms with van der Waals surface area (Å²) in [5.41, 5.74) is 2.35. The second-order valence-corrected chi connectivity index (χ2v) is 5.44. The van der Waals surface area contributed by atoms with Crippen molar-refractivity contribution >= 4 is 28.3 Å². The van der Waals surface area contributed by atoms with E-state index in [1.165, 1.54) is 24.3 Å². The van der Waals surface area contributed by atoms with Crippen LogP contribution in [-0.2, 0) is 4.79 Å². The lowest BCUT2D eigenvalue weighted by molar-refractivity contribution is -0.116. The summed E-state index contributed by atoms with van der Waals surface area (Å²) in [7, 11) is 0. The monoisotopic (exact) mass is 328 g/mol. The number of carbonyl (C=O) groups excluding carboxylic acids is 1. The quantitative estimate of drug-likeness (QED) is 0.580. The number of amides is 1. The van der Waals surface area contributed by atoms with Crippen LogP contribution in [0.25, 0.3) is 11.0 Å². The molecule has 0 unspecified atom stereocenters. The maximum absolute atomic E-state index is 12.9. The van der Waals surface area contributed by atoms with Crippen molar-refractivity contribution < 1.29 is 9.18 Å². The number of aromatic amines is 2. The molecule has 0 fully saturated rings. The van der Waals surface area contributed by atoms with Crippen LogP contribution in [0.5, 0.6) is 0 Å². The summed E-state index contributed by atoms with van der Waals surface area (Å²) in [6.45, 7) is 1.89. The predicted octanol–water partition coefficient (Wildman–Crippen LogP) is 2.82. The molecule has 0 aliphatic carbocycles. The number of fused-ring (bicyclic) bond motifs is 1. The van der Waals surface area contributed by atoms with Gasteiger partial charge in [-0.3, -0.25) is 4.79 Å². The highest BCUT2D eigenvalue weighted by atomic mass is 19.1. The zero-order valence-electron chi connectivity index (χ0n) is 13.0. The number of aromatic nitrogens is 2. The van der Waals surface area contributed by atoms with Gasteiger partial charge >= 0.3 is 5.69 Å². The van der Waals surface area contributed by atoms with E-state index in [1.807, 2.05) is 6.92 Å². The first-order valence-electron chi connectivity index (χ1n) is 7.60. The van der Waals surface area contributed by atoms with E-state index >= 15 is 0 Å². The number of halogens is 1. The first kappa shape index (κ1) is 15.8. The van der Waals surface area contributed by atoms with Gasteiger partial charge in [-0.2, -0.15) is 0 Å². The van der Waals surface area contributed by atoms with Crippen LogP contribution in [0, 0.1) is 5.82 Å². The molecule has 0 aliphatic heterocycles. The summed E-state index contributed by atoms with van der Waals surface area (Å²) < 4.78 is 12.9. The van der Waals surface area contributed by atoms with Gasteiger partial charge in [-0.1, -0.05) is 6.92 Å². The lowest BCUT2D eigenvalue weighted by Gasteiger charge is -2.18. The Balaban J connectivity index is 1.73. The molecule has 24 heavy (non-hydrogen) atoms. The summed E-state index contributed by atoms with van der Waals surface area (Å²) in [5.74, 6) is -0.571. The molecule has 2 aromatic carbocycles. The molecule has 7 heteroatoms. The molecule has 0 radical (unpaired) electrons. The molecule has 0 spiro atoms. The van der Waals surface area contributed by atoms with Gasteiger partial charge in [-0.25, -0.2) is 9.18 Å². The minimum absolute atomic E-state index is 0.216. The van der Waals surface area contributed by atoms with Crippen LogP contribution < -0.4 is 16.3 Å². The molecule has 1 aromatic heterocycles. The normalized spacial score (nSPS) is 12.1. The van der Waals surface area contributed by atoms with Gasteiger partial charge in [0, 0.05) is 11.4 Å². The molecule has 1 amide bonds. The lowest BCUT2D eigenvalue weighted by Crippen LogP contribution is -2.34. The first-order valence-corrected chi connectivity index (χ1v) is 7.60. The van der Waals surface area contributed by atoms with E-state index in [0.29, 0.717) is 23.1 Å². The Hall–Kier alpha value is -3.09. The van der Waals surface area contributed by atoms with Crippen LogP contribution in [-0.4, -0.2) is 21.9 Å². The van der Waals surface area contributed by atoms with E-state index in [0.717, 1.165) is 5.69 Å². The Labute approximate surface area is 137 Å². The number of H-pyrrole nitrogens is 2. The van der Waals surface area contributed by atoms with Crippen LogP contribution in [0.4, 0.5) is 15.8 Å². The molecule has 6 nitrogen and oxygen atoms in total. The van der Waals surface area contributed by atoms with Gasteiger partial charge in [0.1, 0.15) is 11.9 Å². The summed E-state index contributed by atoms with van der Waals surface area (Å²) in [6, 6.07) is 10.5. The summed E-state index contributed by atoms with van der Waals surface area (Å²) in [4.78, 5) is 29.0. The van der Waals surface area contributed by atoms with Gasteiger partial charge in [-0.05, 0) is 48.9 Å². The average Bonchev–Trinajstić information content (AvgIpc) is 2.94. The van der Waals surface area contributed by atoms with Crippen molar-refractivity contribution in [3.63, 3.8) is 0 Å². The number of rotatable bonds is 5. The second-order valence-electron chi connectivity index (χ2n) is 5.44. The fourth-order valence-electron chi connectivity index (χ4n) is 2.44. The Kier molecular flexibility index (Phi) is 4.33. The van der Waals surface area contributed by atoms with Gasteiger partial charge in [-0.15, -0.1) is 0 Å². The molecule has 0 saturated heterocycles. The maximum Gasteiger partial charge on any atom is 0.323 e. The molecule has 0 saturated carbocycles. The highest BCUT2D eigenvalue weighted by Gasteiger charge is 2.16. The minimum atomic E-state index is -0.460. The van der Waals surface area contributed by atoms with Crippen molar-refractivity contribution in [2.24, 2.45) is 0 Å². The predicted molar refractivity (Wildman–Crippen MR) is 91.7 cm³/mol. The third-order valence-electron chi connectivity index (χ3n) is 3.69. The van der Waals surface area contributed by atoms with E-state index in [4.69, 9.17) is 0 Å². The highest BCUT2D eigenvalue weighted by Crippen LogP contribution is 2.17. The molecule has 3 rings (SSSR count). The van der Waals surface area contributed by atoms with E-state index in [9.17, 15) is 14.0 Å². The minimum Gasteiger partial charge on any atom is -0.374 e. The Bertz CT molecular complexity index is 914. The number of nitrogens with one attached hydrogen (secondary N) is 4. The number of hydrogen-bond acceptors (Lipinski definition) is 3. The van der Waals surface area contributed by atoms with Crippen molar-refractivity contribution in [2.75, 3.05) is 10.6 Å². The standard InChI is InChI=1S/C17H17FN4O2/c1-2-13(16(23)20-11-5-3-10(18)4-6-11)19-12-7-8-14-15(9-12)22-17(24)21-14/h3-9,13,19H,2H2,1H3,(H,20,23)(H2,21,22,24)/t13-/m0/s1. The van der Waals surface area contributed by atoms with E-state index in [2.05, 4.69) is 20.6 Å². The van der Waals surface area contributed by atoms with E-state index < -0.39 is 6.04 Å². The van der Waals surface area contributed by atoms with Crippen molar-refractivity contribution in [1.82, 2.24) is 9.97 Å². The number of benzene rings is 2. The molecule has 4 N–H and O–H groups in total. The van der Waals surface area contributed by atoms with Gasteiger partial charge in [0.25, 0.3) is 0 Å².